The van der Waals surface area contributed by atoms with Crippen molar-refractivity contribution in [3.8, 4) is 5.75 Å². The number of Topliss-reactive ketones (excluding diaryl/α,β-unsaturated/α-hetero) is 1. The largest absolute Gasteiger partial charge is 0.423 e. The molecule has 208 valence electrons. The number of esters is 1. The number of imide groups is 1. The number of carbonyl (C=O) groups is 5. The summed E-state index contributed by atoms with van der Waals surface area (Å²) in [4.78, 5) is 66.4. The fourth-order valence-electron chi connectivity index (χ4n) is 5.06. The van der Waals surface area contributed by atoms with Crippen molar-refractivity contribution in [2.75, 3.05) is 6.54 Å². The van der Waals surface area contributed by atoms with Crippen LogP contribution < -0.4 is 4.74 Å². The molecule has 41 heavy (non-hydrogen) atoms. The topological polar surface area (TPSA) is 101 Å². The molecule has 10 heteroatoms. The van der Waals surface area contributed by atoms with Gasteiger partial charge in [0.25, 0.3) is 17.7 Å². The first-order valence-electron chi connectivity index (χ1n) is 12.9. The van der Waals surface area contributed by atoms with Crippen molar-refractivity contribution in [1.82, 2.24) is 10.0 Å². The van der Waals surface area contributed by atoms with E-state index in [0.29, 0.717) is 12.0 Å². The van der Waals surface area contributed by atoms with E-state index in [1.54, 1.807) is 30.3 Å². The molecule has 1 heterocycles. The van der Waals surface area contributed by atoms with Gasteiger partial charge in [-0.15, -0.1) is 0 Å². The molecule has 0 saturated carbocycles. The number of rotatable bonds is 7. The molecule has 3 aromatic carbocycles. The Morgan fingerprint density at radius 3 is 2.22 bits per heavy atom. The molecule has 0 N–H and O–H groups in total. The Kier molecular flexibility index (Phi) is 8.06. The van der Waals surface area contributed by atoms with Crippen LogP contribution in [0.5, 0.6) is 5.75 Å². The van der Waals surface area contributed by atoms with Gasteiger partial charge in [-0.1, -0.05) is 60.5 Å². The maximum absolute atomic E-state index is 13.7. The molecule has 0 aromatic heterocycles. The van der Waals surface area contributed by atoms with Gasteiger partial charge in [0, 0.05) is 11.1 Å². The molecule has 1 saturated heterocycles. The van der Waals surface area contributed by atoms with Crippen molar-refractivity contribution in [1.29, 1.82) is 0 Å². The summed E-state index contributed by atoms with van der Waals surface area (Å²) in [5.41, 5.74) is 0.606. The minimum absolute atomic E-state index is 0.0528. The maximum atomic E-state index is 13.7. The van der Waals surface area contributed by atoms with Gasteiger partial charge in [0.15, 0.2) is 5.78 Å². The summed E-state index contributed by atoms with van der Waals surface area (Å²) in [6.07, 6.45) is 4.09. The first kappa shape index (κ1) is 28.3. The number of hydrogen-bond donors (Lipinski definition) is 0. The predicted octanol–water partition coefficient (Wildman–Crippen LogP) is 5.65. The Morgan fingerprint density at radius 2 is 1.56 bits per heavy atom. The normalized spacial score (nSPS) is 19.6. The van der Waals surface area contributed by atoms with Crippen molar-refractivity contribution < 1.29 is 28.7 Å². The Bertz CT molecular complexity index is 1570. The van der Waals surface area contributed by atoms with Crippen LogP contribution in [0.1, 0.15) is 44.4 Å². The molecule has 1 fully saturated rings. The number of carbonyl (C=O) groups excluding carboxylic acids is 5. The average Bonchev–Trinajstić information content (AvgIpc) is 3.23. The zero-order chi connectivity index (χ0) is 29.3. The first-order valence-corrected chi connectivity index (χ1v) is 13.6. The van der Waals surface area contributed by atoms with E-state index < -0.39 is 47.9 Å². The van der Waals surface area contributed by atoms with E-state index in [2.05, 4.69) is 0 Å². The lowest BCUT2D eigenvalue weighted by Gasteiger charge is -2.30. The van der Waals surface area contributed by atoms with Crippen LogP contribution in [0.25, 0.3) is 0 Å². The van der Waals surface area contributed by atoms with Crippen LogP contribution in [0.15, 0.2) is 84.9 Å². The second-order valence-corrected chi connectivity index (χ2v) is 10.7. The average molecular weight is 591 g/mol. The van der Waals surface area contributed by atoms with Crippen LogP contribution in [0.4, 0.5) is 0 Å². The number of hydrazine groups is 1. The van der Waals surface area contributed by atoms with Crippen LogP contribution in [0.3, 0.4) is 0 Å². The van der Waals surface area contributed by atoms with Gasteiger partial charge in [-0.25, -0.2) is 9.80 Å². The second kappa shape index (κ2) is 11.7. The summed E-state index contributed by atoms with van der Waals surface area (Å²) in [6, 6.07) is 18.4. The maximum Gasteiger partial charge on any atom is 0.343 e. The number of fused-ring (bicyclic) bond motifs is 1. The van der Waals surface area contributed by atoms with E-state index in [4.69, 9.17) is 27.9 Å². The van der Waals surface area contributed by atoms with Crippen LogP contribution in [0.2, 0.25) is 10.0 Å². The van der Waals surface area contributed by atoms with Crippen LogP contribution in [0, 0.1) is 17.8 Å². The van der Waals surface area contributed by atoms with Crippen molar-refractivity contribution in [2.45, 2.75) is 13.3 Å². The molecule has 3 atom stereocenters. The lowest BCUT2D eigenvalue weighted by molar-refractivity contribution is -0.154. The van der Waals surface area contributed by atoms with Gasteiger partial charge in [-0.05, 0) is 66.9 Å². The van der Waals surface area contributed by atoms with E-state index in [1.807, 2.05) is 19.1 Å². The van der Waals surface area contributed by atoms with Crippen LogP contribution in [-0.4, -0.2) is 46.0 Å². The number of benzene rings is 3. The van der Waals surface area contributed by atoms with E-state index in [-0.39, 0.29) is 32.8 Å². The SMILES string of the molecule is C[C@@H]1C=CC[C@H]2C(=O)N(N(CC(=O)c3ccc(OC(=O)c4ccccc4)cc3)C(=O)c3ccc(Cl)c(Cl)c3)C(=O)[C@H]12. The minimum Gasteiger partial charge on any atom is -0.423 e. The zero-order valence-electron chi connectivity index (χ0n) is 21.8. The highest BCUT2D eigenvalue weighted by atomic mass is 35.5. The lowest BCUT2D eigenvalue weighted by Crippen LogP contribution is -2.52. The summed E-state index contributed by atoms with van der Waals surface area (Å²) in [7, 11) is 0. The third-order valence-electron chi connectivity index (χ3n) is 7.18. The molecule has 0 bridgehead atoms. The summed E-state index contributed by atoms with van der Waals surface area (Å²) in [6.45, 7) is 1.24. The summed E-state index contributed by atoms with van der Waals surface area (Å²) >= 11 is 12.1. The number of amides is 3. The standard InChI is InChI=1S/C31H24Cl2N2O6/c1-18-6-5-9-23-27(18)30(39)35(29(23)38)34(28(37)21-12-15-24(32)25(33)16-21)17-26(36)19-10-13-22(14-11-19)41-31(40)20-7-3-2-4-8-20/h2-8,10-16,18,23,27H,9,17H2,1H3/t18-,23-,27-/m1/s1. The smallest absolute Gasteiger partial charge is 0.343 e. The first-order chi connectivity index (χ1) is 19.7. The summed E-state index contributed by atoms with van der Waals surface area (Å²) in [5, 5.41) is 2.01. The summed E-state index contributed by atoms with van der Waals surface area (Å²) in [5.74, 6) is -4.19. The lowest BCUT2D eigenvalue weighted by atomic mass is 9.78. The van der Waals surface area contributed by atoms with Gasteiger partial charge < -0.3 is 4.74 Å². The molecular weight excluding hydrogens is 567 g/mol. The molecule has 0 spiro atoms. The fourth-order valence-corrected chi connectivity index (χ4v) is 5.35. The molecule has 5 rings (SSSR count). The fraction of sp³-hybridized carbons (Fsp3) is 0.194. The molecular formula is C31H24Cl2N2O6. The molecule has 3 aromatic rings. The van der Waals surface area contributed by atoms with Crippen molar-refractivity contribution in [3.05, 3.63) is 112 Å². The van der Waals surface area contributed by atoms with Gasteiger partial charge in [-0.3, -0.25) is 19.2 Å². The second-order valence-electron chi connectivity index (χ2n) is 9.84. The van der Waals surface area contributed by atoms with Crippen LogP contribution in [-0.2, 0) is 9.59 Å². The van der Waals surface area contributed by atoms with E-state index >= 15 is 0 Å². The monoisotopic (exact) mass is 590 g/mol. The Balaban J connectivity index is 1.40. The minimum atomic E-state index is -0.758. The third kappa shape index (κ3) is 5.66. The van der Waals surface area contributed by atoms with E-state index in [1.165, 1.54) is 42.5 Å². The molecule has 3 amide bonds. The Morgan fingerprint density at radius 1 is 0.878 bits per heavy atom. The molecule has 0 radical (unpaired) electrons. The third-order valence-corrected chi connectivity index (χ3v) is 7.92. The van der Waals surface area contributed by atoms with Gasteiger partial charge in [-0.2, -0.15) is 5.01 Å². The van der Waals surface area contributed by atoms with Crippen LogP contribution >= 0.6 is 23.2 Å². The molecule has 2 aliphatic rings. The van der Waals surface area contributed by atoms with Crippen molar-refractivity contribution in [3.63, 3.8) is 0 Å². The van der Waals surface area contributed by atoms with Gasteiger partial charge in [0.1, 0.15) is 12.3 Å². The highest BCUT2D eigenvalue weighted by Gasteiger charge is 2.53. The number of nitrogens with zero attached hydrogens (tertiary/aromatic N) is 2. The molecule has 8 nitrogen and oxygen atoms in total. The van der Waals surface area contributed by atoms with Gasteiger partial charge >= 0.3 is 5.97 Å². The zero-order valence-corrected chi connectivity index (χ0v) is 23.3. The quantitative estimate of drug-likeness (QED) is 0.116. The predicted molar refractivity (Wildman–Crippen MR) is 151 cm³/mol. The van der Waals surface area contributed by atoms with E-state index in [9.17, 15) is 24.0 Å². The van der Waals surface area contributed by atoms with Crippen molar-refractivity contribution in [2.24, 2.45) is 17.8 Å². The number of halogens is 2. The summed E-state index contributed by atoms with van der Waals surface area (Å²) < 4.78 is 5.37. The highest BCUT2D eigenvalue weighted by Crippen LogP contribution is 2.39. The Hall–Kier alpha value is -4.27. The number of ketones is 1. The van der Waals surface area contributed by atoms with E-state index in [0.717, 1.165) is 10.0 Å². The van der Waals surface area contributed by atoms with Gasteiger partial charge in [0.05, 0.1) is 27.4 Å². The Labute approximate surface area is 246 Å². The van der Waals surface area contributed by atoms with Crippen molar-refractivity contribution >= 4 is 52.7 Å². The molecule has 1 aliphatic carbocycles. The highest BCUT2D eigenvalue weighted by molar-refractivity contribution is 6.42. The van der Waals surface area contributed by atoms with Gasteiger partial charge in [0.2, 0.25) is 0 Å². The number of ether oxygens (including phenoxy) is 1. The number of hydrogen-bond acceptors (Lipinski definition) is 6. The number of allylic oxidation sites excluding steroid dienone is 2. The molecule has 1 aliphatic heterocycles. The molecule has 0 unspecified atom stereocenters.